The third-order valence-electron chi connectivity index (χ3n) is 5.78. The third kappa shape index (κ3) is 5.14. The number of hydrogen-bond acceptors (Lipinski definition) is 4. The van der Waals surface area contributed by atoms with E-state index in [1.165, 1.54) is 0 Å². The van der Waals surface area contributed by atoms with E-state index in [1.807, 2.05) is 89.5 Å². The first-order chi connectivity index (χ1) is 17.6. The van der Waals surface area contributed by atoms with Gasteiger partial charge in [0.25, 0.3) is 5.91 Å². The van der Waals surface area contributed by atoms with E-state index in [1.54, 1.807) is 18.3 Å². The minimum Gasteiger partial charge on any atom is -0.489 e. The Morgan fingerprint density at radius 2 is 1.47 bits per heavy atom. The fourth-order valence-electron chi connectivity index (χ4n) is 4.00. The van der Waals surface area contributed by atoms with Crippen molar-refractivity contribution in [3.05, 3.63) is 123 Å². The van der Waals surface area contributed by atoms with Gasteiger partial charge in [0.2, 0.25) is 0 Å². The molecule has 0 spiro atoms. The average Bonchev–Trinajstić information content (AvgIpc) is 2.91. The molecule has 1 N–H and O–H groups in total. The minimum absolute atomic E-state index is 0.0239. The standard InChI is InChI=1S/C29H22ClN3O3/c30-22-13-9-21(10-14-22)19-36-23-15-11-20(12-16-23)17-31-32-28(34)18-33-26-7-3-1-5-24(26)29(35)25-6-2-4-8-27(25)33/h1-17H,18-19H2,(H,32,34)/b31-17+. The predicted octanol–water partition coefficient (Wildman–Crippen LogP) is 5.54. The van der Waals surface area contributed by atoms with Gasteiger partial charge in [-0.25, -0.2) is 5.43 Å². The van der Waals surface area contributed by atoms with Crippen LogP contribution < -0.4 is 15.6 Å². The highest BCUT2D eigenvalue weighted by Gasteiger charge is 2.12. The number of rotatable bonds is 7. The molecule has 4 aromatic carbocycles. The van der Waals surface area contributed by atoms with Gasteiger partial charge in [-0.3, -0.25) is 9.59 Å². The zero-order valence-electron chi connectivity index (χ0n) is 19.2. The fourth-order valence-corrected chi connectivity index (χ4v) is 4.13. The third-order valence-corrected chi connectivity index (χ3v) is 6.03. The van der Waals surface area contributed by atoms with Crippen molar-refractivity contribution >= 4 is 45.5 Å². The van der Waals surface area contributed by atoms with Gasteiger partial charge in [0.1, 0.15) is 18.9 Å². The number of hydrazone groups is 1. The molecule has 0 aliphatic rings. The molecule has 1 aromatic heterocycles. The Kier molecular flexibility index (Phi) is 6.78. The van der Waals surface area contributed by atoms with Gasteiger partial charge in [0, 0.05) is 15.8 Å². The molecule has 6 nitrogen and oxygen atoms in total. The van der Waals surface area contributed by atoms with Crippen LogP contribution >= 0.6 is 11.6 Å². The first-order valence-corrected chi connectivity index (χ1v) is 11.8. The first kappa shape index (κ1) is 23.3. The van der Waals surface area contributed by atoms with E-state index >= 15 is 0 Å². The summed E-state index contributed by atoms with van der Waals surface area (Å²) in [6, 6.07) is 29.5. The number of pyridine rings is 1. The van der Waals surface area contributed by atoms with Gasteiger partial charge in [-0.2, -0.15) is 5.10 Å². The summed E-state index contributed by atoms with van der Waals surface area (Å²) >= 11 is 5.91. The number of amides is 1. The topological polar surface area (TPSA) is 72.7 Å². The molecule has 5 rings (SSSR count). The molecule has 0 unspecified atom stereocenters. The van der Waals surface area contributed by atoms with Crippen molar-refractivity contribution < 1.29 is 9.53 Å². The van der Waals surface area contributed by atoms with Crippen molar-refractivity contribution in [2.24, 2.45) is 5.10 Å². The SMILES string of the molecule is O=C(Cn1c2ccccc2c(=O)c2ccccc21)N/N=C/c1ccc(OCc2ccc(Cl)cc2)cc1. The van der Waals surface area contributed by atoms with Crippen molar-refractivity contribution in [3.8, 4) is 5.75 Å². The van der Waals surface area contributed by atoms with Crippen molar-refractivity contribution in [2.45, 2.75) is 13.2 Å². The van der Waals surface area contributed by atoms with E-state index in [-0.39, 0.29) is 17.9 Å². The van der Waals surface area contributed by atoms with E-state index < -0.39 is 0 Å². The molecule has 178 valence electrons. The normalized spacial score (nSPS) is 11.2. The molecule has 7 heteroatoms. The maximum Gasteiger partial charge on any atom is 0.260 e. The number of nitrogens with one attached hydrogen (secondary N) is 1. The van der Waals surface area contributed by atoms with Gasteiger partial charge >= 0.3 is 0 Å². The van der Waals surface area contributed by atoms with E-state index in [0.29, 0.717) is 33.4 Å². The van der Waals surface area contributed by atoms with Crippen LogP contribution in [0.5, 0.6) is 5.75 Å². The average molecular weight is 496 g/mol. The molecule has 36 heavy (non-hydrogen) atoms. The molecule has 0 atom stereocenters. The predicted molar refractivity (Wildman–Crippen MR) is 144 cm³/mol. The summed E-state index contributed by atoms with van der Waals surface area (Å²) in [4.78, 5) is 25.6. The quantitative estimate of drug-likeness (QED) is 0.183. The summed E-state index contributed by atoms with van der Waals surface area (Å²) in [6.07, 6.45) is 1.57. The van der Waals surface area contributed by atoms with Crippen molar-refractivity contribution in [3.63, 3.8) is 0 Å². The molecule has 1 amide bonds. The number of para-hydroxylation sites is 2. The van der Waals surface area contributed by atoms with Gasteiger partial charge in [-0.15, -0.1) is 0 Å². The number of ether oxygens (including phenoxy) is 1. The number of benzene rings is 4. The van der Waals surface area contributed by atoms with Crippen LogP contribution in [-0.2, 0) is 17.9 Å². The number of aromatic nitrogens is 1. The summed E-state index contributed by atoms with van der Waals surface area (Å²) in [5, 5.41) is 5.93. The number of nitrogens with zero attached hydrogens (tertiary/aromatic N) is 2. The van der Waals surface area contributed by atoms with E-state index in [9.17, 15) is 9.59 Å². The van der Waals surface area contributed by atoms with Crippen LogP contribution in [0.2, 0.25) is 5.02 Å². The lowest BCUT2D eigenvalue weighted by molar-refractivity contribution is -0.121. The Bertz CT molecular complexity index is 1560. The second-order valence-electron chi connectivity index (χ2n) is 8.23. The zero-order valence-corrected chi connectivity index (χ0v) is 20.0. The molecule has 0 radical (unpaired) electrons. The van der Waals surface area contributed by atoms with E-state index in [0.717, 1.165) is 16.9 Å². The van der Waals surface area contributed by atoms with Crippen molar-refractivity contribution in [2.75, 3.05) is 0 Å². The molecular formula is C29H22ClN3O3. The van der Waals surface area contributed by atoms with Crippen LogP contribution in [-0.4, -0.2) is 16.7 Å². The van der Waals surface area contributed by atoms with Crippen LogP contribution in [0.15, 0.2) is 107 Å². The Hall–Kier alpha value is -4.42. The van der Waals surface area contributed by atoms with Gasteiger partial charge in [-0.05, 0) is 71.8 Å². The smallest absolute Gasteiger partial charge is 0.260 e. The monoisotopic (exact) mass is 495 g/mol. The number of fused-ring (bicyclic) bond motifs is 2. The molecule has 0 aliphatic heterocycles. The lowest BCUT2D eigenvalue weighted by Gasteiger charge is -2.14. The summed E-state index contributed by atoms with van der Waals surface area (Å²) in [6.45, 7) is 0.463. The van der Waals surface area contributed by atoms with E-state index in [4.69, 9.17) is 16.3 Å². The first-order valence-electron chi connectivity index (χ1n) is 11.4. The maximum atomic E-state index is 12.9. The molecule has 0 saturated heterocycles. The summed E-state index contributed by atoms with van der Waals surface area (Å²) in [5.41, 5.74) is 5.78. The minimum atomic E-state index is -0.298. The zero-order chi connectivity index (χ0) is 24.9. The lowest BCUT2D eigenvalue weighted by atomic mass is 10.1. The van der Waals surface area contributed by atoms with Gasteiger partial charge in [0.15, 0.2) is 5.43 Å². The Labute approximate surface area is 212 Å². The highest BCUT2D eigenvalue weighted by molar-refractivity contribution is 6.30. The Morgan fingerprint density at radius 1 is 0.861 bits per heavy atom. The molecule has 0 aliphatic carbocycles. The van der Waals surface area contributed by atoms with Gasteiger partial charge in [-0.1, -0.05) is 48.0 Å². The number of carbonyl (C=O) groups is 1. The maximum absolute atomic E-state index is 12.9. The largest absolute Gasteiger partial charge is 0.489 e. The molecule has 1 heterocycles. The molecule has 0 bridgehead atoms. The van der Waals surface area contributed by atoms with Gasteiger partial charge in [0.05, 0.1) is 17.2 Å². The van der Waals surface area contributed by atoms with Crippen LogP contribution in [0.4, 0.5) is 0 Å². The second-order valence-corrected chi connectivity index (χ2v) is 8.66. The second kappa shape index (κ2) is 10.5. The van der Waals surface area contributed by atoms with Crippen molar-refractivity contribution in [1.82, 2.24) is 9.99 Å². The molecule has 5 aromatic rings. The highest BCUT2D eigenvalue weighted by atomic mass is 35.5. The van der Waals surface area contributed by atoms with E-state index in [2.05, 4.69) is 10.5 Å². The number of carbonyl (C=O) groups excluding carboxylic acids is 1. The molecule has 0 saturated carbocycles. The summed E-state index contributed by atoms with van der Waals surface area (Å²) in [5.74, 6) is 0.427. The Morgan fingerprint density at radius 3 is 2.11 bits per heavy atom. The van der Waals surface area contributed by atoms with Crippen LogP contribution in [0.25, 0.3) is 21.8 Å². The lowest BCUT2D eigenvalue weighted by Crippen LogP contribution is -2.25. The summed E-state index contributed by atoms with van der Waals surface area (Å²) in [7, 11) is 0. The fraction of sp³-hybridized carbons (Fsp3) is 0.0690. The van der Waals surface area contributed by atoms with Crippen LogP contribution in [0.3, 0.4) is 0 Å². The van der Waals surface area contributed by atoms with Gasteiger partial charge < -0.3 is 9.30 Å². The van der Waals surface area contributed by atoms with Crippen molar-refractivity contribution in [1.29, 1.82) is 0 Å². The highest BCUT2D eigenvalue weighted by Crippen LogP contribution is 2.19. The molecular weight excluding hydrogens is 474 g/mol. The number of halogens is 1. The Balaban J connectivity index is 1.24. The summed E-state index contributed by atoms with van der Waals surface area (Å²) < 4.78 is 7.63. The molecule has 0 fully saturated rings. The van der Waals surface area contributed by atoms with Crippen LogP contribution in [0.1, 0.15) is 11.1 Å². The van der Waals surface area contributed by atoms with Crippen LogP contribution in [0, 0.1) is 0 Å². The number of hydrogen-bond donors (Lipinski definition) is 1.